The number of nitrogens with zero attached hydrogens (tertiary/aromatic N) is 2. The summed E-state index contributed by atoms with van der Waals surface area (Å²) in [6.45, 7) is 2.30. The van der Waals surface area contributed by atoms with E-state index in [4.69, 9.17) is 0 Å². The van der Waals surface area contributed by atoms with E-state index in [9.17, 15) is 4.39 Å². The first-order valence-electron chi connectivity index (χ1n) is 8.81. The second-order valence-corrected chi connectivity index (χ2v) is 6.71. The molecule has 0 spiro atoms. The molecule has 0 radical (unpaired) electrons. The summed E-state index contributed by atoms with van der Waals surface area (Å²) >= 11 is 0. The highest BCUT2D eigenvalue weighted by Gasteiger charge is 2.20. The van der Waals surface area contributed by atoms with Crippen molar-refractivity contribution in [2.24, 2.45) is 11.8 Å². The van der Waals surface area contributed by atoms with Gasteiger partial charge in [-0.15, -0.1) is 0 Å². The van der Waals surface area contributed by atoms with Gasteiger partial charge in [0.2, 0.25) is 0 Å². The molecule has 0 unspecified atom stereocenters. The van der Waals surface area contributed by atoms with Crippen molar-refractivity contribution in [3.8, 4) is 11.3 Å². The molecule has 122 valence electrons. The van der Waals surface area contributed by atoms with Crippen molar-refractivity contribution >= 4 is 0 Å². The highest BCUT2D eigenvalue weighted by molar-refractivity contribution is 5.63. The minimum atomic E-state index is -0.212. The van der Waals surface area contributed by atoms with Gasteiger partial charge in [0.05, 0.1) is 5.69 Å². The predicted octanol–water partition coefficient (Wildman–Crippen LogP) is 5.43. The van der Waals surface area contributed by atoms with E-state index in [-0.39, 0.29) is 5.82 Å². The zero-order valence-electron chi connectivity index (χ0n) is 13.8. The van der Waals surface area contributed by atoms with Crippen LogP contribution in [0.2, 0.25) is 0 Å². The molecule has 1 aromatic heterocycles. The van der Waals surface area contributed by atoms with Crippen LogP contribution in [0.15, 0.2) is 36.8 Å². The molecule has 23 heavy (non-hydrogen) atoms. The summed E-state index contributed by atoms with van der Waals surface area (Å²) in [4.78, 5) is 8.50. The van der Waals surface area contributed by atoms with Crippen LogP contribution in [-0.2, 0) is 6.42 Å². The molecule has 0 amide bonds. The van der Waals surface area contributed by atoms with Crippen molar-refractivity contribution < 1.29 is 4.39 Å². The fourth-order valence-electron chi connectivity index (χ4n) is 3.73. The van der Waals surface area contributed by atoms with Crippen LogP contribution < -0.4 is 0 Å². The molecule has 0 aliphatic heterocycles. The van der Waals surface area contributed by atoms with Gasteiger partial charge in [-0.25, -0.2) is 14.4 Å². The van der Waals surface area contributed by atoms with Crippen LogP contribution in [-0.4, -0.2) is 9.97 Å². The van der Waals surface area contributed by atoms with E-state index in [0.717, 1.165) is 35.9 Å². The zero-order chi connectivity index (χ0) is 16.1. The van der Waals surface area contributed by atoms with E-state index in [1.807, 2.05) is 12.3 Å². The predicted molar refractivity (Wildman–Crippen MR) is 91.5 cm³/mol. The van der Waals surface area contributed by atoms with Crippen LogP contribution in [0, 0.1) is 17.7 Å². The summed E-state index contributed by atoms with van der Waals surface area (Å²) in [5, 5.41) is 0. The molecule has 3 rings (SSSR count). The zero-order valence-corrected chi connectivity index (χ0v) is 13.8. The lowest BCUT2D eigenvalue weighted by molar-refractivity contribution is 0.259. The van der Waals surface area contributed by atoms with Crippen LogP contribution >= 0.6 is 0 Å². The molecule has 1 aliphatic rings. The Hall–Kier alpha value is -1.77. The van der Waals surface area contributed by atoms with Crippen LogP contribution in [0.25, 0.3) is 11.3 Å². The van der Waals surface area contributed by atoms with Gasteiger partial charge in [-0.2, -0.15) is 0 Å². The normalized spacial score (nSPS) is 21.3. The van der Waals surface area contributed by atoms with Crippen molar-refractivity contribution in [1.29, 1.82) is 0 Å². The molecule has 2 nitrogen and oxygen atoms in total. The minimum absolute atomic E-state index is 0.212. The number of aromatic nitrogens is 2. The molecule has 1 aliphatic carbocycles. The first-order chi connectivity index (χ1) is 11.3. The molecule has 0 atom stereocenters. The number of hydrogen-bond acceptors (Lipinski definition) is 2. The summed E-state index contributed by atoms with van der Waals surface area (Å²) in [5.74, 6) is 1.52. The molecule has 1 fully saturated rings. The number of rotatable bonds is 5. The fourth-order valence-corrected chi connectivity index (χ4v) is 3.73. The topological polar surface area (TPSA) is 25.8 Å². The van der Waals surface area contributed by atoms with Gasteiger partial charge in [-0.3, -0.25) is 0 Å². The van der Waals surface area contributed by atoms with Crippen molar-refractivity contribution in [2.75, 3.05) is 0 Å². The van der Waals surface area contributed by atoms with Crippen molar-refractivity contribution in [2.45, 2.75) is 51.9 Å². The highest BCUT2D eigenvalue weighted by atomic mass is 19.1. The summed E-state index contributed by atoms with van der Waals surface area (Å²) in [5.41, 5.74) is 2.40. The highest BCUT2D eigenvalue weighted by Crippen LogP contribution is 2.34. The molecule has 1 saturated carbocycles. The van der Waals surface area contributed by atoms with E-state index < -0.39 is 0 Å². The maximum absolute atomic E-state index is 14.1. The third-order valence-electron chi connectivity index (χ3n) is 5.28. The van der Waals surface area contributed by atoms with E-state index >= 15 is 0 Å². The minimum Gasteiger partial charge on any atom is -0.244 e. The van der Waals surface area contributed by atoms with E-state index in [1.54, 1.807) is 12.1 Å². The Labute approximate surface area is 138 Å². The monoisotopic (exact) mass is 312 g/mol. The molecule has 0 bridgehead atoms. The Balaban J connectivity index is 1.69. The summed E-state index contributed by atoms with van der Waals surface area (Å²) in [7, 11) is 0. The molecule has 0 saturated heterocycles. The SMILES string of the molecule is CCC1CCC(CCc2cncnc2-c2ccccc2F)CC1. The first-order valence-corrected chi connectivity index (χ1v) is 8.81. The molecular formula is C20H25FN2. The lowest BCUT2D eigenvalue weighted by Crippen LogP contribution is -2.14. The molecule has 0 N–H and O–H groups in total. The van der Waals surface area contributed by atoms with Gasteiger partial charge in [-0.05, 0) is 42.4 Å². The summed E-state index contributed by atoms with van der Waals surface area (Å²) in [6.07, 6.45) is 12.2. The third kappa shape index (κ3) is 3.95. The quantitative estimate of drug-likeness (QED) is 0.735. The van der Waals surface area contributed by atoms with Gasteiger partial charge < -0.3 is 0 Å². The summed E-state index contributed by atoms with van der Waals surface area (Å²) < 4.78 is 14.1. The van der Waals surface area contributed by atoms with E-state index in [0.29, 0.717) is 5.56 Å². The van der Waals surface area contributed by atoms with Gasteiger partial charge in [-0.1, -0.05) is 51.2 Å². The van der Waals surface area contributed by atoms with Crippen LogP contribution in [0.3, 0.4) is 0 Å². The van der Waals surface area contributed by atoms with Gasteiger partial charge >= 0.3 is 0 Å². The van der Waals surface area contributed by atoms with Gasteiger partial charge in [0, 0.05) is 11.8 Å². The van der Waals surface area contributed by atoms with E-state index in [1.165, 1.54) is 44.5 Å². The lowest BCUT2D eigenvalue weighted by Gasteiger charge is -2.27. The number of hydrogen-bond donors (Lipinski definition) is 0. The second kappa shape index (κ2) is 7.67. The lowest BCUT2D eigenvalue weighted by atomic mass is 9.78. The fraction of sp³-hybridized carbons (Fsp3) is 0.500. The standard InChI is InChI=1S/C20H25FN2/c1-2-15-7-9-16(10-8-15)11-12-17-13-22-14-23-20(17)18-5-3-4-6-19(18)21/h3-6,13-16H,2,7-12H2,1H3. The van der Waals surface area contributed by atoms with Gasteiger partial charge in [0.25, 0.3) is 0 Å². The van der Waals surface area contributed by atoms with Crippen LogP contribution in [0.1, 0.15) is 51.0 Å². The smallest absolute Gasteiger partial charge is 0.132 e. The molecule has 2 aromatic rings. The Kier molecular flexibility index (Phi) is 5.37. The van der Waals surface area contributed by atoms with Gasteiger partial charge in [0.1, 0.15) is 12.1 Å². The third-order valence-corrected chi connectivity index (χ3v) is 5.28. The Morgan fingerprint density at radius 3 is 2.57 bits per heavy atom. The Morgan fingerprint density at radius 1 is 1.09 bits per heavy atom. The van der Waals surface area contributed by atoms with Crippen molar-refractivity contribution in [3.63, 3.8) is 0 Å². The Bertz CT molecular complexity index is 633. The maximum atomic E-state index is 14.1. The largest absolute Gasteiger partial charge is 0.244 e. The number of halogens is 1. The van der Waals surface area contributed by atoms with Crippen LogP contribution in [0.5, 0.6) is 0 Å². The van der Waals surface area contributed by atoms with Crippen molar-refractivity contribution in [3.05, 3.63) is 48.2 Å². The van der Waals surface area contributed by atoms with Gasteiger partial charge in [0.15, 0.2) is 0 Å². The number of benzene rings is 1. The second-order valence-electron chi connectivity index (χ2n) is 6.71. The number of aryl methyl sites for hydroxylation is 1. The van der Waals surface area contributed by atoms with Crippen molar-refractivity contribution in [1.82, 2.24) is 9.97 Å². The molecular weight excluding hydrogens is 287 g/mol. The Morgan fingerprint density at radius 2 is 1.83 bits per heavy atom. The average molecular weight is 312 g/mol. The summed E-state index contributed by atoms with van der Waals surface area (Å²) in [6, 6.07) is 6.86. The molecule has 1 heterocycles. The van der Waals surface area contributed by atoms with Crippen LogP contribution in [0.4, 0.5) is 4.39 Å². The average Bonchev–Trinajstić information content (AvgIpc) is 2.61. The first kappa shape index (κ1) is 16.1. The molecule has 3 heteroatoms. The van der Waals surface area contributed by atoms with E-state index in [2.05, 4.69) is 16.9 Å². The maximum Gasteiger partial charge on any atom is 0.132 e. The molecule has 1 aromatic carbocycles.